The number of azide groups is 1. The molecule has 2 aliphatic rings. The lowest BCUT2D eigenvalue weighted by molar-refractivity contribution is -0.161. The molecule has 2 fully saturated rings. The van der Waals surface area contributed by atoms with E-state index in [4.69, 9.17) is 5.53 Å². The highest BCUT2D eigenvalue weighted by atomic mass is 32.2. The molecule has 2 saturated heterocycles. The summed E-state index contributed by atoms with van der Waals surface area (Å²) in [5, 5.41) is 15.1. The normalized spacial score (nSPS) is 26.9. The SMILES string of the molecule is CC1(C)S[C@@H]2C(NC(=O)[C@H](N=[N+]=[N-])c3ccccc3)C(=O)N2[C@H]1C(=O)O. The number of nitrogens with one attached hydrogen (secondary N) is 1. The van der Waals surface area contributed by atoms with Gasteiger partial charge >= 0.3 is 5.97 Å². The van der Waals surface area contributed by atoms with Crippen LogP contribution in [0.3, 0.4) is 0 Å². The zero-order valence-corrected chi connectivity index (χ0v) is 14.9. The minimum absolute atomic E-state index is 0.443. The van der Waals surface area contributed by atoms with Crippen molar-refractivity contribution in [1.29, 1.82) is 0 Å². The number of amides is 2. The minimum Gasteiger partial charge on any atom is -0.480 e. The fourth-order valence-electron chi connectivity index (χ4n) is 3.34. The first-order valence-corrected chi connectivity index (χ1v) is 8.78. The Bertz CT molecular complexity index is 808. The van der Waals surface area contributed by atoms with E-state index in [1.807, 2.05) is 0 Å². The van der Waals surface area contributed by atoms with E-state index in [1.165, 1.54) is 16.7 Å². The molecule has 4 atom stereocenters. The number of carboxylic acids is 1. The van der Waals surface area contributed by atoms with Gasteiger partial charge in [-0.1, -0.05) is 35.4 Å². The summed E-state index contributed by atoms with van der Waals surface area (Å²) in [5.41, 5.74) is 9.26. The molecular formula is C16H17N5O4S. The molecule has 2 N–H and O–H groups in total. The van der Waals surface area contributed by atoms with Crippen molar-refractivity contribution in [3.05, 3.63) is 46.3 Å². The second kappa shape index (κ2) is 6.54. The third kappa shape index (κ3) is 2.87. The summed E-state index contributed by atoms with van der Waals surface area (Å²) < 4.78 is -0.671. The number of rotatable bonds is 5. The van der Waals surface area contributed by atoms with Crippen LogP contribution in [0, 0.1) is 0 Å². The van der Waals surface area contributed by atoms with Gasteiger partial charge in [0, 0.05) is 9.66 Å². The first-order valence-electron chi connectivity index (χ1n) is 7.90. The molecule has 3 rings (SSSR count). The molecule has 0 aromatic heterocycles. The van der Waals surface area contributed by atoms with E-state index in [0.717, 1.165) is 0 Å². The third-order valence-electron chi connectivity index (χ3n) is 4.50. The van der Waals surface area contributed by atoms with Crippen LogP contribution in [-0.4, -0.2) is 50.0 Å². The van der Waals surface area contributed by atoms with Gasteiger partial charge in [0.1, 0.15) is 23.5 Å². The predicted molar refractivity (Wildman–Crippen MR) is 94.0 cm³/mol. The largest absolute Gasteiger partial charge is 0.480 e. The summed E-state index contributed by atoms with van der Waals surface area (Å²) in [4.78, 5) is 40.5. The Balaban J connectivity index is 1.78. The second-order valence-corrected chi connectivity index (χ2v) is 8.37. The predicted octanol–water partition coefficient (Wildman–Crippen LogP) is 1.67. The van der Waals surface area contributed by atoms with Crippen LogP contribution < -0.4 is 5.32 Å². The van der Waals surface area contributed by atoms with Gasteiger partial charge in [-0.2, -0.15) is 0 Å². The number of β-lactam (4-membered cyclic amide) rings is 1. The van der Waals surface area contributed by atoms with Crippen LogP contribution in [0.5, 0.6) is 0 Å². The Hall–Kier alpha value is -2.71. The number of fused-ring (bicyclic) bond motifs is 1. The molecule has 0 spiro atoms. The monoisotopic (exact) mass is 375 g/mol. The smallest absolute Gasteiger partial charge is 0.327 e. The molecule has 1 unspecified atom stereocenters. The number of thioether (sulfide) groups is 1. The van der Waals surface area contributed by atoms with E-state index in [0.29, 0.717) is 5.56 Å². The lowest BCUT2D eigenvalue weighted by Crippen LogP contribution is -2.70. The van der Waals surface area contributed by atoms with Crippen molar-refractivity contribution < 1.29 is 19.5 Å². The van der Waals surface area contributed by atoms with E-state index < -0.39 is 46.0 Å². The van der Waals surface area contributed by atoms with Gasteiger partial charge in [0.25, 0.3) is 0 Å². The molecule has 10 heteroatoms. The molecule has 2 amide bonds. The maximum atomic E-state index is 12.6. The molecule has 0 saturated carbocycles. The van der Waals surface area contributed by atoms with Crippen LogP contribution in [0.4, 0.5) is 0 Å². The quantitative estimate of drug-likeness (QED) is 0.349. The Morgan fingerprint density at radius 3 is 2.62 bits per heavy atom. The summed E-state index contributed by atoms with van der Waals surface area (Å²) >= 11 is 1.33. The van der Waals surface area contributed by atoms with Crippen LogP contribution in [0.15, 0.2) is 35.4 Å². The van der Waals surface area contributed by atoms with Crippen LogP contribution in [0.1, 0.15) is 25.5 Å². The van der Waals surface area contributed by atoms with Crippen molar-refractivity contribution >= 4 is 29.5 Å². The molecule has 9 nitrogen and oxygen atoms in total. The van der Waals surface area contributed by atoms with Gasteiger partial charge < -0.3 is 15.3 Å². The van der Waals surface area contributed by atoms with Gasteiger partial charge in [0.05, 0.1) is 0 Å². The van der Waals surface area contributed by atoms with Crippen molar-refractivity contribution in [2.24, 2.45) is 5.11 Å². The molecule has 136 valence electrons. The van der Waals surface area contributed by atoms with Gasteiger partial charge in [-0.25, -0.2) is 4.79 Å². The number of hydrogen-bond donors (Lipinski definition) is 2. The van der Waals surface area contributed by atoms with Crippen molar-refractivity contribution in [2.75, 3.05) is 0 Å². The number of carboxylic acid groups (broad SMARTS) is 1. The molecule has 0 aliphatic carbocycles. The average molecular weight is 375 g/mol. The van der Waals surface area contributed by atoms with Gasteiger partial charge in [0.2, 0.25) is 11.8 Å². The Labute approximate surface area is 153 Å². The fraction of sp³-hybridized carbons (Fsp3) is 0.438. The lowest BCUT2D eigenvalue weighted by atomic mass is 9.95. The molecule has 0 bridgehead atoms. The summed E-state index contributed by atoms with van der Waals surface area (Å²) in [6, 6.07) is 5.63. The Morgan fingerprint density at radius 2 is 2.04 bits per heavy atom. The number of hydrogen-bond acceptors (Lipinski definition) is 5. The minimum atomic E-state index is -1.10. The van der Waals surface area contributed by atoms with E-state index in [1.54, 1.807) is 44.2 Å². The standard InChI is InChI=1S/C16H17N5O4S/c1-16(2)11(15(24)25)21-13(23)10(14(21)26-16)18-12(22)9(19-20-17)8-6-4-3-5-7-8/h3-7,9-11,14H,1-2H3,(H,18,22)(H,24,25)/t9-,10?,11+,14-/m1/s1. The topological polar surface area (TPSA) is 135 Å². The van der Waals surface area contributed by atoms with E-state index in [2.05, 4.69) is 15.3 Å². The molecular weight excluding hydrogens is 358 g/mol. The number of nitrogens with zero attached hydrogens (tertiary/aromatic N) is 4. The van der Waals surface area contributed by atoms with Crippen molar-refractivity contribution in [2.45, 2.75) is 42.1 Å². The molecule has 2 heterocycles. The molecule has 1 aromatic carbocycles. The van der Waals surface area contributed by atoms with Crippen molar-refractivity contribution in [3.8, 4) is 0 Å². The average Bonchev–Trinajstić information content (AvgIpc) is 2.86. The number of carbonyl (C=O) groups is 3. The van der Waals surface area contributed by atoms with Gasteiger partial charge in [-0.15, -0.1) is 11.8 Å². The summed E-state index contributed by atoms with van der Waals surface area (Å²) in [6.45, 7) is 3.52. The van der Waals surface area contributed by atoms with Crippen LogP contribution in [0.2, 0.25) is 0 Å². The van der Waals surface area contributed by atoms with Crippen LogP contribution in [0.25, 0.3) is 10.4 Å². The Kier molecular flexibility index (Phi) is 4.55. The van der Waals surface area contributed by atoms with E-state index in [9.17, 15) is 19.5 Å². The maximum absolute atomic E-state index is 12.6. The second-order valence-electron chi connectivity index (χ2n) is 6.60. The van der Waals surface area contributed by atoms with Crippen molar-refractivity contribution in [3.63, 3.8) is 0 Å². The highest BCUT2D eigenvalue weighted by Gasteiger charge is 2.64. The third-order valence-corrected chi connectivity index (χ3v) is 6.07. The Morgan fingerprint density at radius 1 is 1.38 bits per heavy atom. The first kappa shape index (κ1) is 18.1. The van der Waals surface area contributed by atoms with E-state index in [-0.39, 0.29) is 0 Å². The summed E-state index contributed by atoms with van der Waals surface area (Å²) in [6.07, 6.45) is 0. The molecule has 1 aromatic rings. The first-order chi connectivity index (χ1) is 12.3. The van der Waals surface area contributed by atoms with Crippen LogP contribution >= 0.6 is 11.8 Å². The molecule has 2 aliphatic heterocycles. The fourth-order valence-corrected chi connectivity index (χ4v) is 4.96. The molecule has 0 radical (unpaired) electrons. The highest BCUT2D eigenvalue weighted by Crippen LogP contribution is 2.50. The number of aliphatic carboxylic acids is 1. The molecule has 26 heavy (non-hydrogen) atoms. The zero-order chi connectivity index (χ0) is 19.1. The van der Waals surface area contributed by atoms with Crippen molar-refractivity contribution in [1.82, 2.24) is 10.2 Å². The van der Waals surface area contributed by atoms with E-state index >= 15 is 0 Å². The maximum Gasteiger partial charge on any atom is 0.327 e. The van der Waals surface area contributed by atoms with Crippen LogP contribution in [-0.2, 0) is 14.4 Å². The number of benzene rings is 1. The van der Waals surface area contributed by atoms with Gasteiger partial charge in [-0.05, 0) is 24.9 Å². The van der Waals surface area contributed by atoms with Gasteiger partial charge in [-0.3, -0.25) is 9.59 Å². The summed E-state index contributed by atoms with van der Waals surface area (Å²) in [5.74, 6) is -2.11. The lowest BCUT2D eigenvalue weighted by Gasteiger charge is -2.43. The zero-order valence-electron chi connectivity index (χ0n) is 14.1. The number of carbonyl (C=O) groups excluding carboxylic acids is 2. The highest BCUT2D eigenvalue weighted by molar-refractivity contribution is 8.01. The van der Waals surface area contributed by atoms with Gasteiger partial charge in [0.15, 0.2) is 0 Å². The summed E-state index contributed by atoms with van der Waals surface area (Å²) in [7, 11) is 0.